The van der Waals surface area contributed by atoms with Crippen molar-refractivity contribution in [3.05, 3.63) is 94.6 Å². The third kappa shape index (κ3) is 10.1. The molecule has 2 aliphatic heterocycles. The maximum absolute atomic E-state index is 15.3. The van der Waals surface area contributed by atoms with Crippen molar-refractivity contribution in [1.82, 2.24) is 10.2 Å². The largest absolute Gasteiger partial charge is 0.508 e. The van der Waals surface area contributed by atoms with Crippen molar-refractivity contribution in [3.63, 3.8) is 0 Å². The Morgan fingerprint density at radius 3 is 2.64 bits per heavy atom. The minimum absolute atomic E-state index is 0.00417. The maximum atomic E-state index is 15.3. The van der Waals surface area contributed by atoms with Crippen LogP contribution in [0.4, 0.5) is 4.39 Å². The molecule has 0 bridgehead atoms. The Hall–Kier alpha value is -3.80. The van der Waals surface area contributed by atoms with Gasteiger partial charge in [-0.25, -0.2) is 4.39 Å². The fourth-order valence-corrected chi connectivity index (χ4v) is 4.18. The molecule has 0 saturated heterocycles. The highest BCUT2D eigenvalue weighted by molar-refractivity contribution is 6.32. The summed E-state index contributed by atoms with van der Waals surface area (Å²) in [6.07, 6.45) is 22.6. The van der Waals surface area contributed by atoms with Crippen LogP contribution in [0.25, 0.3) is 0 Å². The Balaban J connectivity index is 0.000000370. The number of aliphatic hydroxyl groups is 2. The van der Waals surface area contributed by atoms with Gasteiger partial charge >= 0.3 is 5.97 Å². The van der Waals surface area contributed by atoms with E-state index in [1.165, 1.54) is 18.2 Å². The molecule has 208 valence electrons. The number of nitrogens with zero attached hydrogens (tertiary/aromatic N) is 2. The van der Waals surface area contributed by atoms with Crippen LogP contribution in [0.5, 0.6) is 0 Å². The first kappa shape index (κ1) is 31.4. The predicted molar refractivity (Wildman–Crippen MR) is 155 cm³/mol. The van der Waals surface area contributed by atoms with Gasteiger partial charge in [-0.1, -0.05) is 47.4 Å². The van der Waals surface area contributed by atoms with Gasteiger partial charge in [0.25, 0.3) is 0 Å². The quantitative estimate of drug-likeness (QED) is 0.366. The second kappa shape index (κ2) is 15.6. The summed E-state index contributed by atoms with van der Waals surface area (Å²) in [5.41, 5.74) is 2.17. The fourth-order valence-electron chi connectivity index (χ4n) is 3.92. The molecule has 7 nitrogen and oxygen atoms in total. The lowest BCUT2D eigenvalue weighted by atomic mass is 9.90. The number of aliphatic hydroxyl groups excluding tert-OH is 2. The molecule has 0 aromatic rings. The number of rotatable bonds is 4. The first-order chi connectivity index (χ1) is 18.5. The van der Waals surface area contributed by atoms with Crippen molar-refractivity contribution in [3.8, 4) is 12.3 Å². The first-order valence-corrected chi connectivity index (χ1v) is 12.8. The summed E-state index contributed by atoms with van der Waals surface area (Å²) in [7, 11) is 0. The zero-order valence-corrected chi connectivity index (χ0v) is 23.0. The van der Waals surface area contributed by atoms with Crippen LogP contribution in [0, 0.1) is 24.2 Å². The van der Waals surface area contributed by atoms with Gasteiger partial charge < -0.3 is 25.5 Å². The maximum Gasteiger partial charge on any atom is 0.314 e. The van der Waals surface area contributed by atoms with E-state index < -0.39 is 30.0 Å². The van der Waals surface area contributed by atoms with Crippen LogP contribution < -0.4 is 5.32 Å². The van der Waals surface area contributed by atoms with E-state index in [0.717, 1.165) is 11.3 Å². The van der Waals surface area contributed by atoms with Crippen LogP contribution in [0.2, 0.25) is 0 Å². The summed E-state index contributed by atoms with van der Waals surface area (Å²) in [6.45, 7) is 6.20. The normalized spacial score (nSPS) is 30.9. The topological polar surface area (TPSA) is 105 Å². The molecule has 2 heterocycles. The standard InChI is InChI=1S/C21H25ClFN3O.C9H10O3/c1-4-17-14-19(20(22)8-9-24-16(3)25-17)18-7-5-6-10-26(11-12-27)15(2)13-21(18)23;1-6-2-3-8(10)5-7(4-6)9(11)12/h1,5-8,10,13-14,17-18,21,27H,9,11-12H2,2-3H3,(H,24,25);2-5,7,10H,1H3,(H,11,12)/b7-5+,10-6-,15-13+,19-14-,20-8+;. The Labute approximate surface area is 234 Å². The van der Waals surface area contributed by atoms with E-state index in [-0.39, 0.29) is 12.4 Å². The van der Waals surface area contributed by atoms with Crippen LogP contribution >= 0.6 is 11.6 Å². The van der Waals surface area contributed by atoms with E-state index in [1.54, 1.807) is 48.3 Å². The second-order valence-corrected chi connectivity index (χ2v) is 9.42. The third-order valence-electron chi connectivity index (χ3n) is 5.95. The Bertz CT molecular complexity index is 1190. The van der Waals surface area contributed by atoms with Gasteiger partial charge in [-0.3, -0.25) is 9.79 Å². The lowest BCUT2D eigenvalue weighted by molar-refractivity contribution is -0.138. The molecule has 0 aromatic carbocycles. The van der Waals surface area contributed by atoms with Gasteiger partial charge in [0.05, 0.1) is 24.9 Å². The van der Waals surface area contributed by atoms with E-state index in [1.807, 2.05) is 26.1 Å². The Morgan fingerprint density at radius 2 is 1.97 bits per heavy atom. The number of aliphatic imine (C=N–C) groups is 1. The zero-order valence-electron chi connectivity index (χ0n) is 22.3. The number of alkyl halides is 1. The van der Waals surface area contributed by atoms with Gasteiger partial charge in [-0.15, -0.1) is 6.42 Å². The number of halogens is 2. The molecular weight excluding hydrogens is 521 g/mol. The Morgan fingerprint density at radius 1 is 1.23 bits per heavy atom. The van der Waals surface area contributed by atoms with Crippen molar-refractivity contribution in [2.24, 2.45) is 16.8 Å². The van der Waals surface area contributed by atoms with Crippen LogP contribution in [-0.2, 0) is 4.79 Å². The molecule has 0 amide bonds. The molecule has 0 spiro atoms. The highest BCUT2D eigenvalue weighted by Gasteiger charge is 2.25. The average molecular weight is 556 g/mol. The second-order valence-electron chi connectivity index (χ2n) is 9.01. The molecule has 0 fully saturated rings. The molecule has 0 saturated carbocycles. The van der Waals surface area contributed by atoms with Crippen LogP contribution in [0.1, 0.15) is 20.8 Å². The minimum atomic E-state index is -1.31. The van der Waals surface area contributed by atoms with Gasteiger partial charge in [-0.2, -0.15) is 0 Å². The molecular formula is C30H35ClFN3O4. The highest BCUT2D eigenvalue weighted by Crippen LogP contribution is 2.31. The van der Waals surface area contributed by atoms with E-state index in [4.69, 9.17) is 28.2 Å². The number of amidine groups is 1. The number of carboxylic acid groups (broad SMARTS) is 1. The minimum Gasteiger partial charge on any atom is -0.508 e. The molecule has 39 heavy (non-hydrogen) atoms. The zero-order chi connectivity index (χ0) is 28.9. The lowest BCUT2D eigenvalue weighted by Gasteiger charge is -2.23. The molecule has 0 aromatic heterocycles. The summed E-state index contributed by atoms with van der Waals surface area (Å²) in [5.74, 6) is 1.07. The summed E-state index contributed by atoms with van der Waals surface area (Å²) >= 11 is 6.49. The summed E-state index contributed by atoms with van der Waals surface area (Å²) in [6, 6.07) is -0.441. The lowest BCUT2D eigenvalue weighted by Crippen LogP contribution is -2.31. The van der Waals surface area contributed by atoms with Gasteiger partial charge in [0.1, 0.15) is 18.0 Å². The monoisotopic (exact) mass is 555 g/mol. The van der Waals surface area contributed by atoms with Crippen molar-refractivity contribution in [2.45, 2.75) is 33.0 Å². The van der Waals surface area contributed by atoms with Gasteiger partial charge in [0.2, 0.25) is 0 Å². The SMILES string of the molecule is C#CC1/C=C(C2/C=C/C=C\N(CCO)/C(C)=C/C2F)\C(Cl)=C/CN=C(C)N1.CC1=CC(C(=O)O)C=C(O)C=C1. The number of terminal acetylenes is 1. The molecule has 4 atom stereocenters. The molecule has 4 unspecified atom stereocenters. The molecule has 4 N–H and O–H groups in total. The summed E-state index contributed by atoms with van der Waals surface area (Å²) in [5, 5.41) is 30.5. The smallest absolute Gasteiger partial charge is 0.314 e. The van der Waals surface area contributed by atoms with Crippen LogP contribution in [0.15, 0.2) is 99.6 Å². The fraction of sp³-hybridized carbons (Fsp3) is 0.333. The molecule has 1 aliphatic carbocycles. The number of nitrogens with one attached hydrogen (secondary N) is 1. The van der Waals surface area contributed by atoms with E-state index in [2.05, 4.69) is 16.2 Å². The summed E-state index contributed by atoms with van der Waals surface area (Å²) in [4.78, 5) is 16.7. The highest BCUT2D eigenvalue weighted by atomic mass is 35.5. The number of hydrogen-bond acceptors (Lipinski definition) is 6. The first-order valence-electron chi connectivity index (χ1n) is 12.4. The molecule has 3 aliphatic rings. The Kier molecular flexibility index (Phi) is 12.5. The molecule has 0 radical (unpaired) electrons. The van der Waals surface area contributed by atoms with Crippen molar-refractivity contribution >= 4 is 23.4 Å². The number of carboxylic acids is 1. The number of β-amino-alcohol motifs (C(OH)–C–C–N with tert-alkyl or cyclic N) is 1. The molecule has 9 heteroatoms. The van der Waals surface area contributed by atoms with Crippen LogP contribution in [-0.4, -0.2) is 63.9 Å². The van der Waals surface area contributed by atoms with Gasteiger partial charge in [0, 0.05) is 29.4 Å². The van der Waals surface area contributed by atoms with Crippen molar-refractivity contribution < 1.29 is 24.5 Å². The third-order valence-corrected chi connectivity index (χ3v) is 6.32. The number of hydrogen-bond donors (Lipinski definition) is 4. The van der Waals surface area contributed by atoms with Gasteiger partial charge in [-0.05, 0) is 62.8 Å². The molecule has 3 rings (SSSR count). The number of allylic oxidation sites excluding steroid dienone is 10. The van der Waals surface area contributed by atoms with E-state index in [0.29, 0.717) is 29.5 Å². The average Bonchev–Trinajstić information content (AvgIpc) is 2.97. The van der Waals surface area contributed by atoms with Crippen molar-refractivity contribution in [1.29, 1.82) is 0 Å². The van der Waals surface area contributed by atoms with E-state index in [9.17, 15) is 9.90 Å². The van der Waals surface area contributed by atoms with Gasteiger partial charge in [0.15, 0.2) is 0 Å². The number of carbonyl (C=O) groups is 1. The predicted octanol–water partition coefficient (Wildman–Crippen LogP) is 4.94. The van der Waals surface area contributed by atoms with E-state index >= 15 is 4.39 Å². The van der Waals surface area contributed by atoms with Crippen molar-refractivity contribution in [2.75, 3.05) is 19.7 Å². The summed E-state index contributed by atoms with van der Waals surface area (Å²) < 4.78 is 15.3. The number of aliphatic carboxylic acids is 1. The van der Waals surface area contributed by atoms with Crippen LogP contribution in [0.3, 0.4) is 0 Å².